The third kappa shape index (κ3) is 4.29. The first-order chi connectivity index (χ1) is 8.19. The zero-order valence-electron chi connectivity index (χ0n) is 10.7. The number of aromatic nitrogens is 1. The summed E-state index contributed by atoms with van der Waals surface area (Å²) in [7, 11) is 0. The zero-order valence-corrected chi connectivity index (χ0v) is 10.7. The second kappa shape index (κ2) is 7.20. The van der Waals surface area contributed by atoms with E-state index in [0.29, 0.717) is 5.92 Å². The molecule has 1 atom stereocenters. The lowest BCUT2D eigenvalue weighted by atomic mass is 10.0. The SMILES string of the molecule is C=CCN(Cc1ccccn1)[C@H](CO)C(C)C. The topological polar surface area (TPSA) is 36.4 Å². The van der Waals surface area contributed by atoms with Gasteiger partial charge in [-0.2, -0.15) is 0 Å². The Morgan fingerprint density at radius 3 is 2.71 bits per heavy atom. The van der Waals surface area contributed by atoms with Crippen LogP contribution in [0.3, 0.4) is 0 Å². The van der Waals surface area contributed by atoms with Crippen LogP contribution in [0.5, 0.6) is 0 Å². The number of aliphatic hydroxyl groups excluding tert-OH is 1. The third-order valence-electron chi connectivity index (χ3n) is 2.88. The van der Waals surface area contributed by atoms with Crippen molar-refractivity contribution in [1.29, 1.82) is 0 Å². The van der Waals surface area contributed by atoms with E-state index in [-0.39, 0.29) is 12.6 Å². The van der Waals surface area contributed by atoms with Gasteiger partial charge in [-0.25, -0.2) is 0 Å². The molecule has 0 radical (unpaired) electrons. The number of nitrogens with zero attached hydrogens (tertiary/aromatic N) is 2. The second-order valence-electron chi connectivity index (χ2n) is 4.53. The van der Waals surface area contributed by atoms with Crippen LogP contribution in [0.4, 0.5) is 0 Å². The van der Waals surface area contributed by atoms with Gasteiger partial charge in [-0.05, 0) is 18.1 Å². The van der Waals surface area contributed by atoms with E-state index in [1.807, 2.05) is 24.3 Å². The maximum atomic E-state index is 9.48. The molecule has 0 aromatic carbocycles. The molecule has 17 heavy (non-hydrogen) atoms. The molecule has 1 heterocycles. The maximum Gasteiger partial charge on any atom is 0.0589 e. The van der Waals surface area contributed by atoms with Gasteiger partial charge >= 0.3 is 0 Å². The van der Waals surface area contributed by atoms with Crippen molar-refractivity contribution in [3.05, 3.63) is 42.7 Å². The summed E-state index contributed by atoms with van der Waals surface area (Å²) >= 11 is 0. The van der Waals surface area contributed by atoms with Gasteiger partial charge in [0.15, 0.2) is 0 Å². The number of hydrogen-bond donors (Lipinski definition) is 1. The molecule has 1 aromatic rings. The summed E-state index contributed by atoms with van der Waals surface area (Å²) in [6, 6.07) is 6.05. The summed E-state index contributed by atoms with van der Waals surface area (Å²) in [6.07, 6.45) is 3.67. The van der Waals surface area contributed by atoms with Crippen LogP contribution in [0, 0.1) is 5.92 Å². The van der Waals surface area contributed by atoms with E-state index in [2.05, 4.69) is 30.3 Å². The predicted octanol–water partition coefficient (Wildman–Crippen LogP) is 2.09. The summed E-state index contributed by atoms with van der Waals surface area (Å²) in [5.41, 5.74) is 1.02. The van der Waals surface area contributed by atoms with E-state index < -0.39 is 0 Å². The fourth-order valence-electron chi connectivity index (χ4n) is 1.93. The van der Waals surface area contributed by atoms with Gasteiger partial charge in [0.25, 0.3) is 0 Å². The third-order valence-corrected chi connectivity index (χ3v) is 2.88. The first kappa shape index (κ1) is 13.9. The van der Waals surface area contributed by atoms with Gasteiger partial charge in [0.2, 0.25) is 0 Å². The second-order valence-corrected chi connectivity index (χ2v) is 4.53. The van der Waals surface area contributed by atoms with Gasteiger partial charge in [0.05, 0.1) is 12.3 Å². The Kier molecular flexibility index (Phi) is 5.87. The quantitative estimate of drug-likeness (QED) is 0.734. The summed E-state index contributed by atoms with van der Waals surface area (Å²) in [6.45, 7) is 9.69. The Balaban J connectivity index is 2.74. The predicted molar refractivity (Wildman–Crippen MR) is 70.6 cm³/mol. The van der Waals surface area contributed by atoms with Crippen molar-refractivity contribution < 1.29 is 5.11 Å². The van der Waals surface area contributed by atoms with Gasteiger partial charge in [-0.15, -0.1) is 6.58 Å². The van der Waals surface area contributed by atoms with Crippen LogP contribution in [0.1, 0.15) is 19.5 Å². The molecule has 0 unspecified atom stereocenters. The Labute approximate surface area is 104 Å². The van der Waals surface area contributed by atoms with Crippen LogP contribution in [0.2, 0.25) is 0 Å². The molecule has 94 valence electrons. The minimum Gasteiger partial charge on any atom is -0.395 e. The van der Waals surface area contributed by atoms with Gasteiger partial charge in [0, 0.05) is 25.3 Å². The van der Waals surface area contributed by atoms with Crippen LogP contribution in [-0.4, -0.2) is 34.2 Å². The lowest BCUT2D eigenvalue weighted by Gasteiger charge is -2.32. The highest BCUT2D eigenvalue weighted by molar-refractivity contribution is 5.04. The molecule has 0 saturated carbocycles. The molecule has 0 aliphatic rings. The number of rotatable bonds is 7. The van der Waals surface area contributed by atoms with Crippen LogP contribution in [0.15, 0.2) is 37.1 Å². The monoisotopic (exact) mass is 234 g/mol. The molecule has 0 saturated heterocycles. The minimum atomic E-state index is 0.148. The smallest absolute Gasteiger partial charge is 0.0589 e. The van der Waals surface area contributed by atoms with Crippen LogP contribution < -0.4 is 0 Å². The maximum absolute atomic E-state index is 9.48. The Morgan fingerprint density at radius 1 is 1.47 bits per heavy atom. The lowest BCUT2D eigenvalue weighted by molar-refractivity contribution is 0.0940. The van der Waals surface area contributed by atoms with Crippen molar-refractivity contribution in [2.24, 2.45) is 5.92 Å². The van der Waals surface area contributed by atoms with Gasteiger partial charge in [0.1, 0.15) is 0 Å². The van der Waals surface area contributed by atoms with Gasteiger partial charge < -0.3 is 5.11 Å². The molecule has 1 N–H and O–H groups in total. The van der Waals surface area contributed by atoms with Crippen molar-refractivity contribution in [1.82, 2.24) is 9.88 Å². The fourth-order valence-corrected chi connectivity index (χ4v) is 1.93. The molecule has 0 spiro atoms. The van der Waals surface area contributed by atoms with E-state index >= 15 is 0 Å². The summed E-state index contributed by atoms with van der Waals surface area (Å²) in [5.74, 6) is 0.406. The highest BCUT2D eigenvalue weighted by Gasteiger charge is 2.20. The van der Waals surface area contributed by atoms with E-state index in [9.17, 15) is 5.11 Å². The first-order valence-electron chi connectivity index (χ1n) is 6.04. The van der Waals surface area contributed by atoms with E-state index in [1.165, 1.54) is 0 Å². The highest BCUT2D eigenvalue weighted by atomic mass is 16.3. The normalized spacial score (nSPS) is 13.0. The van der Waals surface area contributed by atoms with Crippen molar-refractivity contribution in [3.8, 4) is 0 Å². The molecule has 3 nitrogen and oxygen atoms in total. The molecule has 0 bridgehead atoms. The van der Waals surface area contributed by atoms with E-state index in [1.54, 1.807) is 6.20 Å². The highest BCUT2D eigenvalue weighted by Crippen LogP contribution is 2.13. The largest absolute Gasteiger partial charge is 0.395 e. The molecular formula is C14H22N2O. The van der Waals surface area contributed by atoms with E-state index in [4.69, 9.17) is 0 Å². The van der Waals surface area contributed by atoms with Crippen molar-refractivity contribution in [2.45, 2.75) is 26.4 Å². The average molecular weight is 234 g/mol. The molecule has 0 aliphatic heterocycles. The van der Waals surface area contributed by atoms with Crippen LogP contribution >= 0.6 is 0 Å². The molecule has 0 aliphatic carbocycles. The standard InChI is InChI=1S/C14H22N2O/c1-4-9-16(14(11-17)12(2)3)10-13-7-5-6-8-15-13/h4-8,12,14,17H,1,9-11H2,2-3H3/t14-/m1/s1. The van der Waals surface area contributed by atoms with Crippen molar-refractivity contribution in [3.63, 3.8) is 0 Å². The van der Waals surface area contributed by atoms with Crippen LogP contribution in [-0.2, 0) is 6.54 Å². The van der Waals surface area contributed by atoms with Crippen molar-refractivity contribution >= 4 is 0 Å². The summed E-state index contributed by atoms with van der Waals surface area (Å²) < 4.78 is 0. The summed E-state index contributed by atoms with van der Waals surface area (Å²) in [4.78, 5) is 6.53. The molecule has 0 amide bonds. The van der Waals surface area contributed by atoms with Gasteiger partial charge in [-0.3, -0.25) is 9.88 Å². The Bertz CT molecular complexity index is 324. The Morgan fingerprint density at radius 2 is 2.24 bits per heavy atom. The fraction of sp³-hybridized carbons (Fsp3) is 0.500. The number of pyridine rings is 1. The lowest BCUT2D eigenvalue weighted by Crippen LogP contribution is -2.41. The first-order valence-corrected chi connectivity index (χ1v) is 6.04. The molecule has 1 rings (SSSR count). The molecular weight excluding hydrogens is 212 g/mol. The number of hydrogen-bond acceptors (Lipinski definition) is 3. The van der Waals surface area contributed by atoms with Crippen LogP contribution in [0.25, 0.3) is 0 Å². The zero-order chi connectivity index (χ0) is 12.7. The average Bonchev–Trinajstić information content (AvgIpc) is 2.31. The minimum absolute atomic E-state index is 0.148. The van der Waals surface area contributed by atoms with E-state index in [0.717, 1.165) is 18.8 Å². The van der Waals surface area contributed by atoms with Gasteiger partial charge in [-0.1, -0.05) is 26.0 Å². The summed E-state index contributed by atoms with van der Waals surface area (Å²) in [5, 5.41) is 9.48. The molecule has 0 fully saturated rings. The van der Waals surface area contributed by atoms with Crippen molar-refractivity contribution in [2.75, 3.05) is 13.2 Å². The molecule has 3 heteroatoms. The molecule has 1 aromatic heterocycles. The Hall–Kier alpha value is -1.19. The number of aliphatic hydroxyl groups is 1.